The van der Waals surface area contributed by atoms with E-state index < -0.39 is 18.1 Å². The summed E-state index contributed by atoms with van der Waals surface area (Å²) in [4.78, 5) is 43.5. The number of likely N-dealkylation sites (tertiary alicyclic amines) is 2. The highest BCUT2D eigenvalue weighted by atomic mass is 16.5. The number of nitrogens with two attached hydrogens (primary N) is 1. The number of nitrogens with zero attached hydrogens (tertiary/aromatic N) is 8. The Morgan fingerprint density at radius 2 is 1.66 bits per heavy atom. The third-order valence-corrected chi connectivity index (χ3v) is 16.0. The minimum absolute atomic E-state index is 0.0781. The number of ether oxygens (including phenoxy) is 2. The number of piperidine rings is 2. The molecule has 17 nitrogen and oxygen atoms in total. The van der Waals surface area contributed by atoms with Crippen molar-refractivity contribution in [2.75, 3.05) is 49.9 Å². The van der Waals surface area contributed by atoms with Crippen LogP contribution in [0.25, 0.3) is 16.8 Å². The van der Waals surface area contributed by atoms with Crippen molar-refractivity contribution in [1.82, 2.24) is 35.5 Å². The number of allylic oxidation sites excluding steroid dienone is 2. The summed E-state index contributed by atoms with van der Waals surface area (Å²) >= 11 is 0. The number of amides is 2. The molecular weight excluding hydrogens is 961 g/mol. The van der Waals surface area contributed by atoms with E-state index in [9.17, 15) is 19.8 Å². The summed E-state index contributed by atoms with van der Waals surface area (Å²) in [5.74, 6) is 1.62. The second-order valence-electron chi connectivity index (χ2n) is 21.7. The zero-order valence-corrected chi connectivity index (χ0v) is 45.0. The number of aromatic nitrogens is 4. The first-order valence-corrected chi connectivity index (χ1v) is 27.4. The molecule has 9 rings (SSSR count). The van der Waals surface area contributed by atoms with E-state index in [0.717, 1.165) is 117 Å². The van der Waals surface area contributed by atoms with Crippen molar-refractivity contribution in [3.8, 4) is 22.9 Å². The van der Waals surface area contributed by atoms with Crippen LogP contribution < -0.4 is 20.7 Å². The second-order valence-corrected chi connectivity index (χ2v) is 21.7. The Morgan fingerprint density at radius 3 is 2.38 bits per heavy atom. The lowest BCUT2D eigenvalue weighted by Gasteiger charge is -2.41. The lowest BCUT2D eigenvalue weighted by Crippen LogP contribution is -2.48. The van der Waals surface area contributed by atoms with Gasteiger partial charge in [-0.1, -0.05) is 55.4 Å². The summed E-state index contributed by atoms with van der Waals surface area (Å²) in [7, 11) is 0. The van der Waals surface area contributed by atoms with Gasteiger partial charge in [-0.25, -0.2) is 4.98 Å². The van der Waals surface area contributed by atoms with Crippen molar-refractivity contribution in [1.29, 1.82) is 0 Å². The number of nitrogen functional groups attached to an aromatic ring is 1. The Labute approximate surface area is 447 Å². The highest BCUT2D eigenvalue weighted by Gasteiger charge is 2.44. The van der Waals surface area contributed by atoms with Gasteiger partial charge in [0.05, 0.1) is 30.0 Å². The number of nitrogens with one attached hydrogen (secondary N) is 1. The fraction of sp³-hybridized carbons (Fsp3) is 0.508. The minimum atomic E-state index is -0.806. The molecule has 0 radical (unpaired) electrons. The molecule has 5 aromatic rings. The van der Waals surface area contributed by atoms with Crippen LogP contribution in [0.5, 0.6) is 11.6 Å². The molecule has 404 valence electrons. The van der Waals surface area contributed by atoms with Crippen LogP contribution in [0.15, 0.2) is 94.2 Å². The quantitative estimate of drug-likeness (QED) is 0.0572. The number of phenols is 1. The van der Waals surface area contributed by atoms with E-state index in [1.54, 1.807) is 24.5 Å². The smallest absolute Gasteiger partial charge is 0.243 e. The summed E-state index contributed by atoms with van der Waals surface area (Å²) in [5, 5.41) is 37.0. The molecule has 3 aliphatic heterocycles. The fourth-order valence-corrected chi connectivity index (χ4v) is 11.2. The Hall–Kier alpha value is -6.69. The number of β-amino-alcohol motifs (C(OH)–C–C–N with tert-alkyl or cyclic N) is 1. The molecule has 76 heavy (non-hydrogen) atoms. The molecule has 0 spiro atoms. The van der Waals surface area contributed by atoms with Crippen molar-refractivity contribution in [2.45, 2.75) is 142 Å². The molecular formula is C59H76N10O7. The van der Waals surface area contributed by atoms with E-state index in [0.29, 0.717) is 41.1 Å². The summed E-state index contributed by atoms with van der Waals surface area (Å²) in [5.41, 5.74) is 13.4. The monoisotopic (exact) mass is 1040 g/mol. The SMILES string of the molecule is CC=N/C(C)=C(\C)c1ccc([C@H](C)NC(=O)[C@@H]2C[C@@H](O)CN2C(=O)[C@@H](c2cc(N3CCC(CN4CCC(OC5CC(Oc6cc(CCc7cc(-c8ccccc8O)nnc7N)ccn6)C5)CC4)CC3)no2)C(C)C)cc1. The number of hydrogen-bond acceptors (Lipinski definition) is 15. The molecule has 1 aliphatic carbocycles. The number of anilines is 2. The molecule has 5 N–H and O–H groups in total. The predicted molar refractivity (Wildman–Crippen MR) is 294 cm³/mol. The van der Waals surface area contributed by atoms with E-state index in [1.165, 1.54) is 4.90 Å². The molecule has 0 unspecified atom stereocenters. The molecule has 4 aliphatic rings. The number of para-hydroxylation sites is 1. The van der Waals surface area contributed by atoms with Crippen LogP contribution in [-0.2, 0) is 27.2 Å². The predicted octanol–water partition coefficient (Wildman–Crippen LogP) is 8.33. The van der Waals surface area contributed by atoms with E-state index in [2.05, 4.69) is 40.4 Å². The van der Waals surface area contributed by atoms with Gasteiger partial charge >= 0.3 is 0 Å². The van der Waals surface area contributed by atoms with Crippen LogP contribution in [0.2, 0.25) is 0 Å². The number of rotatable bonds is 19. The van der Waals surface area contributed by atoms with Gasteiger partial charge < -0.3 is 50.0 Å². The largest absolute Gasteiger partial charge is 0.507 e. The van der Waals surface area contributed by atoms with Crippen LogP contribution in [0.3, 0.4) is 0 Å². The maximum absolute atomic E-state index is 14.4. The van der Waals surface area contributed by atoms with Gasteiger partial charge in [0.1, 0.15) is 29.6 Å². The first kappa shape index (κ1) is 54.1. The van der Waals surface area contributed by atoms with E-state index in [4.69, 9.17) is 19.7 Å². The molecule has 3 saturated heterocycles. The van der Waals surface area contributed by atoms with Crippen LogP contribution in [0.1, 0.15) is 126 Å². The molecule has 6 heterocycles. The number of aryl methyl sites for hydroxylation is 2. The van der Waals surface area contributed by atoms with Crippen LogP contribution in [0, 0.1) is 11.8 Å². The first-order chi connectivity index (χ1) is 36.7. The molecule has 17 heteroatoms. The standard InChI is InChI=1S/C59H76N10O7/c1-7-61-38(5)37(4)42-14-16-43(17-15-42)39(6)63-58(72)51-30-45(70)35-69(51)59(73)56(36(2)3)53-33-54(66-76-53)68-26-19-41(20-27-68)34-67-24-21-46(22-25-67)74-47-31-48(32-47)75-55-28-40(18-23-62-55)12-13-44-29-50(64-65-57(44)60)49-10-8-9-11-52(49)71/h7-11,14-18,23,28-29,33,36,39,41,45-48,51,56,70-71H,12-13,19-22,24-27,30-32,34-35H2,1-6H3,(H2,60,65)(H,63,72)/b38-37+,61-7?/t39-,45+,47?,48?,51-,56+/m0/s1. The number of aliphatic hydroxyl groups excluding tert-OH is 1. The number of aliphatic hydroxyl groups is 1. The molecule has 3 aromatic heterocycles. The van der Waals surface area contributed by atoms with Crippen molar-refractivity contribution < 1.29 is 33.8 Å². The van der Waals surface area contributed by atoms with Crippen molar-refractivity contribution in [3.63, 3.8) is 0 Å². The third kappa shape index (κ3) is 13.1. The van der Waals surface area contributed by atoms with Gasteiger partial charge in [-0.2, -0.15) is 0 Å². The van der Waals surface area contributed by atoms with Gasteiger partial charge in [0.25, 0.3) is 0 Å². The summed E-state index contributed by atoms with van der Waals surface area (Å²) < 4.78 is 18.8. The molecule has 2 aromatic carbocycles. The highest BCUT2D eigenvalue weighted by molar-refractivity contribution is 5.91. The second kappa shape index (κ2) is 24.5. The van der Waals surface area contributed by atoms with Crippen LogP contribution >= 0.6 is 0 Å². The topological polar surface area (TPSA) is 218 Å². The number of aromatic hydroxyl groups is 1. The Morgan fingerprint density at radius 1 is 0.908 bits per heavy atom. The average Bonchev–Trinajstić information content (AvgIpc) is 4.07. The van der Waals surface area contributed by atoms with Gasteiger partial charge in [0, 0.05) is 94.3 Å². The van der Waals surface area contributed by atoms with Crippen molar-refractivity contribution >= 4 is 35.2 Å². The van der Waals surface area contributed by atoms with E-state index in [1.807, 2.05) is 102 Å². The molecule has 4 fully saturated rings. The van der Waals surface area contributed by atoms with E-state index >= 15 is 0 Å². The first-order valence-electron chi connectivity index (χ1n) is 27.4. The van der Waals surface area contributed by atoms with Crippen LogP contribution in [0.4, 0.5) is 11.6 Å². The average molecular weight is 1040 g/mol. The number of carbonyl (C=O) groups is 2. The minimum Gasteiger partial charge on any atom is -0.507 e. The Bertz CT molecular complexity index is 2830. The zero-order valence-electron chi connectivity index (χ0n) is 45.0. The van der Waals surface area contributed by atoms with Crippen molar-refractivity contribution in [2.24, 2.45) is 16.8 Å². The molecule has 2 amide bonds. The number of benzene rings is 2. The van der Waals surface area contributed by atoms with Gasteiger partial charge in [-0.15, -0.1) is 10.2 Å². The maximum atomic E-state index is 14.4. The normalized spacial score (nSPS) is 21.9. The van der Waals surface area contributed by atoms with Gasteiger partial charge in [-0.05, 0) is 130 Å². The number of pyridine rings is 1. The Balaban J connectivity index is 0.684. The van der Waals surface area contributed by atoms with Gasteiger partial charge in [-0.3, -0.25) is 14.6 Å². The Kier molecular flexibility index (Phi) is 17.5. The van der Waals surface area contributed by atoms with E-state index in [-0.39, 0.29) is 60.8 Å². The highest BCUT2D eigenvalue weighted by Crippen LogP contribution is 2.36. The lowest BCUT2D eigenvalue weighted by atomic mass is 9.91. The molecule has 1 saturated carbocycles. The number of aliphatic imine (C=N–C) groups is 1. The third-order valence-electron chi connectivity index (χ3n) is 16.0. The lowest BCUT2D eigenvalue weighted by molar-refractivity contribution is -0.141. The summed E-state index contributed by atoms with van der Waals surface area (Å²) in [6.45, 7) is 16.7. The summed E-state index contributed by atoms with van der Waals surface area (Å²) in [6.07, 6.45) is 10.7. The number of hydrogen-bond donors (Lipinski definition) is 4. The zero-order chi connectivity index (χ0) is 53.5. The maximum Gasteiger partial charge on any atom is 0.243 e. The molecule has 0 bridgehead atoms. The van der Waals surface area contributed by atoms with Gasteiger partial charge in [0.2, 0.25) is 17.7 Å². The number of phenolic OH excluding ortho intramolecular Hbond substituents is 1. The fourth-order valence-electron chi connectivity index (χ4n) is 11.2. The molecule has 4 atom stereocenters. The van der Waals surface area contributed by atoms with Crippen molar-refractivity contribution in [3.05, 3.63) is 113 Å². The number of carbonyl (C=O) groups excluding carboxylic acids is 2. The van der Waals surface area contributed by atoms with Gasteiger partial charge in [0.15, 0.2) is 11.6 Å². The van der Waals surface area contributed by atoms with Crippen LogP contribution in [-0.4, -0.2) is 128 Å². The summed E-state index contributed by atoms with van der Waals surface area (Å²) in [6, 6.07) is 21.8.